The van der Waals surface area contributed by atoms with Crippen LogP contribution in [-0.4, -0.2) is 45.3 Å². The molecule has 0 saturated carbocycles. The third kappa shape index (κ3) is 5.49. The first-order valence-electron chi connectivity index (χ1n) is 6.90. The van der Waals surface area contributed by atoms with Crippen molar-refractivity contribution < 1.29 is 9.47 Å². The first kappa shape index (κ1) is 15.8. The van der Waals surface area contributed by atoms with Crippen molar-refractivity contribution in [3.63, 3.8) is 0 Å². The standard InChI is InChI=1S/C15H26N2O2/c1-5-17(3)10-9-16-12-13-7-8-14(18-4)15(11-13)19-6-2/h7-8,11,16H,5-6,9-10,12H2,1-4H3. The molecule has 0 fully saturated rings. The molecule has 19 heavy (non-hydrogen) atoms. The van der Waals surface area contributed by atoms with E-state index >= 15 is 0 Å². The van der Waals surface area contributed by atoms with E-state index in [2.05, 4.69) is 30.3 Å². The summed E-state index contributed by atoms with van der Waals surface area (Å²) in [7, 11) is 3.79. The van der Waals surface area contributed by atoms with Gasteiger partial charge in [-0.1, -0.05) is 13.0 Å². The van der Waals surface area contributed by atoms with Gasteiger partial charge in [-0.3, -0.25) is 0 Å². The van der Waals surface area contributed by atoms with Gasteiger partial charge < -0.3 is 19.7 Å². The van der Waals surface area contributed by atoms with Gasteiger partial charge in [-0.2, -0.15) is 0 Å². The first-order chi connectivity index (χ1) is 9.21. The maximum atomic E-state index is 5.57. The molecule has 1 aromatic rings. The van der Waals surface area contributed by atoms with Crippen LogP contribution in [0, 0.1) is 0 Å². The molecule has 1 aromatic carbocycles. The van der Waals surface area contributed by atoms with Crippen molar-refractivity contribution in [2.75, 3.05) is 40.4 Å². The SMILES string of the molecule is CCOc1cc(CNCCN(C)CC)ccc1OC. The highest BCUT2D eigenvalue weighted by Crippen LogP contribution is 2.27. The molecular formula is C15H26N2O2. The third-order valence-electron chi connectivity index (χ3n) is 3.07. The van der Waals surface area contributed by atoms with E-state index in [1.165, 1.54) is 5.56 Å². The Morgan fingerprint density at radius 1 is 1.21 bits per heavy atom. The average molecular weight is 266 g/mol. The average Bonchev–Trinajstić information content (AvgIpc) is 2.44. The van der Waals surface area contributed by atoms with Gasteiger partial charge in [0.1, 0.15) is 0 Å². The second-order valence-corrected chi connectivity index (χ2v) is 4.49. The van der Waals surface area contributed by atoms with Crippen molar-refractivity contribution in [2.24, 2.45) is 0 Å². The Kier molecular flexibility index (Phi) is 7.30. The Morgan fingerprint density at radius 2 is 2.00 bits per heavy atom. The fourth-order valence-electron chi connectivity index (χ4n) is 1.76. The highest BCUT2D eigenvalue weighted by molar-refractivity contribution is 5.42. The maximum absolute atomic E-state index is 5.57. The van der Waals surface area contributed by atoms with Gasteiger partial charge in [0.25, 0.3) is 0 Å². The molecule has 0 amide bonds. The summed E-state index contributed by atoms with van der Waals surface area (Å²) >= 11 is 0. The molecule has 0 bridgehead atoms. The summed E-state index contributed by atoms with van der Waals surface area (Å²) in [6.07, 6.45) is 0. The number of nitrogens with zero attached hydrogens (tertiary/aromatic N) is 1. The van der Waals surface area contributed by atoms with E-state index < -0.39 is 0 Å². The number of likely N-dealkylation sites (N-methyl/N-ethyl adjacent to an activating group) is 1. The van der Waals surface area contributed by atoms with Crippen LogP contribution in [0.2, 0.25) is 0 Å². The lowest BCUT2D eigenvalue weighted by Gasteiger charge is -2.15. The van der Waals surface area contributed by atoms with Crippen LogP contribution in [-0.2, 0) is 6.54 Å². The fourth-order valence-corrected chi connectivity index (χ4v) is 1.76. The second kappa shape index (κ2) is 8.77. The van der Waals surface area contributed by atoms with E-state index in [4.69, 9.17) is 9.47 Å². The number of benzene rings is 1. The topological polar surface area (TPSA) is 33.7 Å². The molecule has 0 aliphatic rings. The van der Waals surface area contributed by atoms with Gasteiger partial charge in [0.15, 0.2) is 11.5 Å². The molecule has 0 aliphatic heterocycles. The van der Waals surface area contributed by atoms with Crippen LogP contribution >= 0.6 is 0 Å². The van der Waals surface area contributed by atoms with Crippen LogP contribution in [0.25, 0.3) is 0 Å². The van der Waals surface area contributed by atoms with E-state index in [0.717, 1.165) is 37.7 Å². The molecule has 1 N–H and O–H groups in total. The van der Waals surface area contributed by atoms with Crippen LogP contribution in [0.3, 0.4) is 0 Å². The lowest BCUT2D eigenvalue weighted by molar-refractivity contribution is 0.310. The summed E-state index contributed by atoms with van der Waals surface area (Å²) in [5, 5.41) is 3.44. The summed E-state index contributed by atoms with van der Waals surface area (Å²) in [6, 6.07) is 6.07. The molecule has 1 rings (SSSR count). The minimum Gasteiger partial charge on any atom is -0.493 e. The molecule has 0 heterocycles. The zero-order valence-corrected chi connectivity index (χ0v) is 12.5. The van der Waals surface area contributed by atoms with Gasteiger partial charge in [-0.25, -0.2) is 0 Å². The summed E-state index contributed by atoms with van der Waals surface area (Å²) in [5.74, 6) is 1.60. The lowest BCUT2D eigenvalue weighted by Crippen LogP contribution is -2.28. The summed E-state index contributed by atoms with van der Waals surface area (Å²) in [4.78, 5) is 2.28. The van der Waals surface area contributed by atoms with E-state index in [1.807, 2.05) is 19.1 Å². The zero-order chi connectivity index (χ0) is 14.1. The minimum absolute atomic E-state index is 0.647. The Bertz CT molecular complexity index is 369. The van der Waals surface area contributed by atoms with Crippen molar-refractivity contribution in [3.8, 4) is 11.5 Å². The normalized spacial score (nSPS) is 10.8. The highest BCUT2D eigenvalue weighted by atomic mass is 16.5. The molecule has 4 nitrogen and oxygen atoms in total. The second-order valence-electron chi connectivity index (χ2n) is 4.49. The Hall–Kier alpha value is -1.26. The van der Waals surface area contributed by atoms with Gasteiger partial charge >= 0.3 is 0 Å². The number of nitrogens with one attached hydrogen (secondary N) is 1. The largest absolute Gasteiger partial charge is 0.493 e. The molecule has 0 atom stereocenters. The minimum atomic E-state index is 0.647. The lowest BCUT2D eigenvalue weighted by atomic mass is 10.2. The molecule has 0 aliphatic carbocycles. The van der Waals surface area contributed by atoms with Crippen LogP contribution in [0.15, 0.2) is 18.2 Å². The Labute approximate surface area is 116 Å². The maximum Gasteiger partial charge on any atom is 0.161 e. The number of hydrogen-bond donors (Lipinski definition) is 1. The number of methoxy groups -OCH3 is 1. The molecule has 4 heteroatoms. The van der Waals surface area contributed by atoms with Gasteiger partial charge in [0.05, 0.1) is 13.7 Å². The van der Waals surface area contributed by atoms with Crippen LogP contribution in [0.1, 0.15) is 19.4 Å². The van der Waals surface area contributed by atoms with Gasteiger partial charge in [0.2, 0.25) is 0 Å². The van der Waals surface area contributed by atoms with Crippen molar-refractivity contribution in [2.45, 2.75) is 20.4 Å². The van der Waals surface area contributed by atoms with E-state index in [-0.39, 0.29) is 0 Å². The number of hydrogen-bond acceptors (Lipinski definition) is 4. The number of rotatable bonds is 9. The zero-order valence-electron chi connectivity index (χ0n) is 12.5. The van der Waals surface area contributed by atoms with Gasteiger partial charge in [-0.15, -0.1) is 0 Å². The highest BCUT2D eigenvalue weighted by Gasteiger charge is 2.05. The predicted molar refractivity (Wildman–Crippen MR) is 79.0 cm³/mol. The molecular weight excluding hydrogens is 240 g/mol. The van der Waals surface area contributed by atoms with Crippen LogP contribution < -0.4 is 14.8 Å². The molecule has 0 aromatic heterocycles. The van der Waals surface area contributed by atoms with Crippen molar-refractivity contribution in [1.29, 1.82) is 0 Å². The summed E-state index contributed by atoms with van der Waals surface area (Å²) < 4.78 is 10.8. The van der Waals surface area contributed by atoms with Crippen LogP contribution in [0.5, 0.6) is 11.5 Å². The number of ether oxygens (including phenoxy) is 2. The third-order valence-corrected chi connectivity index (χ3v) is 3.07. The molecule has 108 valence electrons. The summed E-state index contributed by atoms with van der Waals surface area (Å²) in [5.41, 5.74) is 1.21. The monoisotopic (exact) mass is 266 g/mol. The molecule has 0 saturated heterocycles. The van der Waals surface area contributed by atoms with Crippen molar-refractivity contribution in [1.82, 2.24) is 10.2 Å². The van der Waals surface area contributed by atoms with Gasteiger partial charge in [-0.05, 0) is 38.2 Å². The fraction of sp³-hybridized carbons (Fsp3) is 0.600. The molecule has 0 radical (unpaired) electrons. The Morgan fingerprint density at radius 3 is 2.63 bits per heavy atom. The summed E-state index contributed by atoms with van der Waals surface area (Å²) in [6.45, 7) is 8.77. The molecule has 0 spiro atoms. The first-order valence-corrected chi connectivity index (χ1v) is 6.90. The van der Waals surface area contributed by atoms with E-state index in [9.17, 15) is 0 Å². The van der Waals surface area contributed by atoms with Crippen molar-refractivity contribution in [3.05, 3.63) is 23.8 Å². The predicted octanol–water partition coefficient (Wildman–Crippen LogP) is 2.14. The quantitative estimate of drug-likeness (QED) is 0.694. The molecule has 0 unspecified atom stereocenters. The van der Waals surface area contributed by atoms with Crippen LogP contribution in [0.4, 0.5) is 0 Å². The Balaban J connectivity index is 2.47. The van der Waals surface area contributed by atoms with E-state index in [0.29, 0.717) is 6.61 Å². The smallest absolute Gasteiger partial charge is 0.161 e. The van der Waals surface area contributed by atoms with E-state index in [1.54, 1.807) is 7.11 Å². The van der Waals surface area contributed by atoms with Crippen molar-refractivity contribution >= 4 is 0 Å². The van der Waals surface area contributed by atoms with Gasteiger partial charge in [0, 0.05) is 19.6 Å².